The van der Waals surface area contributed by atoms with Crippen LogP contribution in [0.25, 0.3) is 17.0 Å². The van der Waals surface area contributed by atoms with Crippen LogP contribution in [0.1, 0.15) is 41.4 Å². The van der Waals surface area contributed by atoms with Crippen molar-refractivity contribution in [3.63, 3.8) is 0 Å². The highest BCUT2D eigenvalue weighted by molar-refractivity contribution is 6.06. The molecule has 0 bridgehead atoms. The van der Waals surface area contributed by atoms with Gasteiger partial charge in [-0.15, -0.1) is 0 Å². The van der Waals surface area contributed by atoms with Gasteiger partial charge in [0.25, 0.3) is 5.91 Å². The predicted molar refractivity (Wildman–Crippen MR) is 115 cm³/mol. The summed E-state index contributed by atoms with van der Waals surface area (Å²) in [6, 6.07) is 12.8. The van der Waals surface area contributed by atoms with Gasteiger partial charge < -0.3 is 9.47 Å². The van der Waals surface area contributed by atoms with Crippen LogP contribution in [0.3, 0.4) is 0 Å². The summed E-state index contributed by atoms with van der Waals surface area (Å²) >= 11 is 0. The van der Waals surface area contributed by atoms with Crippen LogP contribution in [-0.4, -0.2) is 30.5 Å². The predicted octanol–water partition coefficient (Wildman–Crippen LogP) is 5.04. The number of rotatable bonds is 8. The minimum atomic E-state index is -0.136. The first kappa shape index (κ1) is 20.4. The van der Waals surface area contributed by atoms with Crippen LogP contribution in [0.5, 0.6) is 11.5 Å². The Hall–Kier alpha value is -3.34. The van der Waals surface area contributed by atoms with Crippen LogP contribution in [0.4, 0.5) is 0 Å². The molecule has 0 N–H and O–H groups in total. The van der Waals surface area contributed by atoms with Gasteiger partial charge in [0.15, 0.2) is 0 Å². The monoisotopic (exact) mass is 391 g/mol. The molecule has 5 nitrogen and oxygen atoms in total. The van der Waals surface area contributed by atoms with Crippen LogP contribution in [0.2, 0.25) is 0 Å². The third-order valence-corrected chi connectivity index (χ3v) is 4.87. The molecule has 0 aliphatic rings. The number of ether oxygens (including phenoxy) is 2. The van der Waals surface area contributed by atoms with E-state index in [-0.39, 0.29) is 5.91 Å². The quantitative estimate of drug-likeness (QED) is 0.307. The Labute approximate surface area is 170 Å². The number of allylic oxidation sites excluding steroid dienone is 1. The van der Waals surface area contributed by atoms with Gasteiger partial charge >= 0.3 is 0 Å². The Morgan fingerprint density at radius 2 is 1.83 bits per heavy atom. The standard InChI is InChI=1S/C24H25NO4/c1-4-5-15-29-19-10-8-18(9-11-19)24(27)25-17(2)21(7-6-14-26)22-16-20(28-3)12-13-23(22)25/h6-14,16H,4-5,15H2,1-3H3/b7-6+. The first-order valence-electron chi connectivity index (χ1n) is 9.69. The molecule has 0 aliphatic heterocycles. The number of carbonyl (C=O) groups excluding carboxylic acids is 2. The van der Waals surface area contributed by atoms with E-state index in [1.165, 1.54) is 6.08 Å². The van der Waals surface area contributed by atoms with E-state index in [2.05, 4.69) is 6.92 Å². The number of unbranched alkanes of at least 4 members (excludes halogenated alkanes) is 1. The van der Waals surface area contributed by atoms with Crippen molar-refractivity contribution in [2.45, 2.75) is 26.7 Å². The van der Waals surface area contributed by atoms with Crippen molar-refractivity contribution in [1.82, 2.24) is 4.57 Å². The molecule has 3 aromatic rings. The molecule has 150 valence electrons. The van der Waals surface area contributed by atoms with E-state index < -0.39 is 0 Å². The van der Waals surface area contributed by atoms with Gasteiger partial charge in [-0.05, 0) is 68.0 Å². The number of methoxy groups -OCH3 is 1. The molecule has 0 spiro atoms. The van der Waals surface area contributed by atoms with Gasteiger partial charge in [0.05, 0.1) is 19.2 Å². The Kier molecular flexibility index (Phi) is 6.50. The second kappa shape index (κ2) is 9.24. The second-order valence-electron chi connectivity index (χ2n) is 6.74. The maximum Gasteiger partial charge on any atom is 0.262 e. The van der Waals surface area contributed by atoms with Crippen molar-refractivity contribution in [1.29, 1.82) is 0 Å². The van der Waals surface area contributed by atoms with Crippen molar-refractivity contribution in [2.24, 2.45) is 0 Å². The number of benzene rings is 2. The number of carbonyl (C=O) groups is 2. The van der Waals surface area contributed by atoms with E-state index in [1.807, 2.05) is 37.3 Å². The highest BCUT2D eigenvalue weighted by Gasteiger charge is 2.19. The Morgan fingerprint density at radius 3 is 2.48 bits per heavy atom. The molecule has 1 heterocycles. The van der Waals surface area contributed by atoms with Gasteiger partial charge in [-0.25, -0.2) is 0 Å². The van der Waals surface area contributed by atoms with Crippen LogP contribution < -0.4 is 9.47 Å². The molecule has 0 saturated carbocycles. The van der Waals surface area contributed by atoms with Crippen molar-refractivity contribution in [3.05, 3.63) is 65.4 Å². The minimum Gasteiger partial charge on any atom is -0.497 e. The van der Waals surface area contributed by atoms with Gasteiger partial charge in [0.1, 0.15) is 17.8 Å². The van der Waals surface area contributed by atoms with E-state index in [0.717, 1.165) is 47.0 Å². The van der Waals surface area contributed by atoms with Crippen LogP contribution in [0.15, 0.2) is 48.5 Å². The summed E-state index contributed by atoms with van der Waals surface area (Å²) < 4.78 is 12.7. The number of aldehydes is 1. The molecular formula is C24H25NO4. The molecular weight excluding hydrogens is 366 g/mol. The van der Waals surface area contributed by atoms with E-state index in [9.17, 15) is 9.59 Å². The fraction of sp³-hybridized carbons (Fsp3) is 0.250. The molecule has 0 aliphatic carbocycles. The average Bonchev–Trinajstić information content (AvgIpc) is 3.02. The average molecular weight is 391 g/mol. The van der Waals surface area contributed by atoms with Gasteiger partial charge in [-0.1, -0.05) is 13.3 Å². The fourth-order valence-electron chi connectivity index (χ4n) is 3.31. The molecule has 0 atom stereocenters. The number of hydrogen-bond acceptors (Lipinski definition) is 4. The lowest BCUT2D eigenvalue weighted by molar-refractivity contribution is -0.104. The zero-order valence-electron chi connectivity index (χ0n) is 17.0. The van der Waals surface area contributed by atoms with Crippen LogP contribution >= 0.6 is 0 Å². The molecule has 0 amide bonds. The molecule has 0 radical (unpaired) electrons. The second-order valence-corrected chi connectivity index (χ2v) is 6.74. The van der Waals surface area contributed by atoms with Gasteiger partial charge in [-0.2, -0.15) is 0 Å². The zero-order chi connectivity index (χ0) is 20.8. The molecule has 0 fully saturated rings. The van der Waals surface area contributed by atoms with Crippen molar-refractivity contribution in [3.8, 4) is 11.5 Å². The summed E-state index contributed by atoms with van der Waals surface area (Å²) in [7, 11) is 1.60. The third kappa shape index (κ3) is 4.24. The summed E-state index contributed by atoms with van der Waals surface area (Å²) in [4.78, 5) is 24.1. The first-order chi connectivity index (χ1) is 14.1. The highest BCUT2D eigenvalue weighted by Crippen LogP contribution is 2.31. The molecule has 3 rings (SSSR count). The topological polar surface area (TPSA) is 57.5 Å². The largest absolute Gasteiger partial charge is 0.497 e. The zero-order valence-corrected chi connectivity index (χ0v) is 17.0. The van der Waals surface area contributed by atoms with Crippen LogP contribution in [0, 0.1) is 6.92 Å². The Balaban J connectivity index is 2.02. The maximum absolute atomic E-state index is 13.3. The number of nitrogens with zero attached hydrogens (tertiary/aromatic N) is 1. The van der Waals surface area contributed by atoms with Crippen molar-refractivity contribution in [2.75, 3.05) is 13.7 Å². The van der Waals surface area contributed by atoms with Gasteiger partial charge in [0.2, 0.25) is 0 Å². The van der Waals surface area contributed by atoms with E-state index >= 15 is 0 Å². The van der Waals surface area contributed by atoms with Crippen molar-refractivity contribution >= 4 is 29.2 Å². The highest BCUT2D eigenvalue weighted by atomic mass is 16.5. The van der Waals surface area contributed by atoms with Crippen LogP contribution in [-0.2, 0) is 4.79 Å². The Morgan fingerprint density at radius 1 is 1.10 bits per heavy atom. The maximum atomic E-state index is 13.3. The molecule has 0 saturated heterocycles. The molecule has 0 unspecified atom stereocenters. The fourth-order valence-corrected chi connectivity index (χ4v) is 3.31. The van der Waals surface area contributed by atoms with Crippen molar-refractivity contribution < 1.29 is 19.1 Å². The molecule has 1 aromatic heterocycles. The Bertz CT molecular complexity index is 1040. The summed E-state index contributed by atoms with van der Waals surface area (Å²) in [6.07, 6.45) is 5.94. The SMILES string of the molecule is CCCCOc1ccc(C(=O)n2c(C)c(/C=C/C=O)c3cc(OC)ccc32)cc1. The third-order valence-electron chi connectivity index (χ3n) is 4.87. The number of aromatic nitrogens is 1. The smallest absolute Gasteiger partial charge is 0.262 e. The summed E-state index contributed by atoms with van der Waals surface area (Å²) in [5.41, 5.74) is 2.91. The first-order valence-corrected chi connectivity index (χ1v) is 9.69. The lowest BCUT2D eigenvalue weighted by Gasteiger charge is -2.09. The van der Waals surface area contributed by atoms with E-state index in [4.69, 9.17) is 9.47 Å². The lowest BCUT2D eigenvalue weighted by atomic mass is 10.1. The molecule has 29 heavy (non-hydrogen) atoms. The summed E-state index contributed by atoms with van der Waals surface area (Å²) in [5.74, 6) is 1.31. The van der Waals surface area contributed by atoms with Gasteiger partial charge in [0, 0.05) is 22.2 Å². The van der Waals surface area contributed by atoms with E-state index in [0.29, 0.717) is 17.9 Å². The lowest BCUT2D eigenvalue weighted by Crippen LogP contribution is -2.13. The number of hydrogen-bond donors (Lipinski definition) is 0. The van der Waals surface area contributed by atoms with E-state index in [1.54, 1.807) is 29.9 Å². The van der Waals surface area contributed by atoms with Gasteiger partial charge in [-0.3, -0.25) is 14.2 Å². The molecule has 2 aromatic carbocycles. The summed E-state index contributed by atoms with van der Waals surface area (Å²) in [6.45, 7) is 4.65. The molecule has 5 heteroatoms. The summed E-state index contributed by atoms with van der Waals surface area (Å²) in [5, 5.41) is 0.854. The normalized spacial score (nSPS) is 11.1. The minimum absolute atomic E-state index is 0.136. The number of fused-ring (bicyclic) bond motifs is 1.